The van der Waals surface area contributed by atoms with Crippen LogP contribution in [0.15, 0.2) is 0 Å². The minimum Gasteiger partial charge on any atom is -0.380 e. The lowest BCUT2D eigenvalue weighted by Gasteiger charge is -2.34. The summed E-state index contributed by atoms with van der Waals surface area (Å²) < 4.78 is 9.94. The van der Waals surface area contributed by atoms with Gasteiger partial charge in [-0.05, 0) is 26.7 Å². The molecule has 0 aromatic heterocycles. The number of nitrogens with zero attached hydrogens (tertiary/aromatic N) is 2. The molecule has 0 bridgehead atoms. The van der Waals surface area contributed by atoms with Crippen LogP contribution in [-0.2, 0) is 9.47 Å². The zero-order valence-corrected chi connectivity index (χ0v) is 15.3. The average molecular weight is 310 g/mol. The Kier molecular flexibility index (Phi) is 12.9. The molecular formula is C13H32N2O2P2. The lowest BCUT2D eigenvalue weighted by atomic mass is 10.3. The normalized spacial score (nSPS) is 17.7. The second-order valence-corrected chi connectivity index (χ2v) is 10.2. The van der Waals surface area contributed by atoms with Crippen LogP contribution in [0.5, 0.6) is 0 Å². The molecular weight excluding hydrogens is 278 g/mol. The van der Waals surface area contributed by atoms with E-state index in [4.69, 9.17) is 9.47 Å². The highest BCUT2D eigenvalue weighted by Crippen LogP contribution is 2.25. The van der Waals surface area contributed by atoms with Crippen LogP contribution in [0.25, 0.3) is 0 Å². The Hall–Kier alpha value is 0.700. The Bertz CT molecular complexity index is 199. The van der Waals surface area contributed by atoms with Crippen LogP contribution in [0.1, 0.15) is 0 Å². The number of methoxy groups -OCH3 is 2. The minimum atomic E-state index is 0.177. The topological polar surface area (TPSA) is 24.9 Å². The zero-order valence-electron chi connectivity index (χ0n) is 13.6. The van der Waals surface area contributed by atoms with Crippen LogP contribution >= 0.6 is 15.8 Å². The SMILES string of the molecule is COCN1CCN(CP(C)C)CC1.COCP(C)C. The standard InChI is InChI=1S/C9H21N2OP.C4H11OP/c1-12-8-10-4-6-11(7-5-10)9-13(2)3;1-5-4-6(2)3/h4-9H2,1-3H3;4H2,1-3H3. The van der Waals surface area contributed by atoms with Gasteiger partial charge in [-0.3, -0.25) is 9.80 Å². The molecule has 0 aliphatic carbocycles. The highest BCUT2D eigenvalue weighted by molar-refractivity contribution is 7.56. The van der Waals surface area contributed by atoms with Crippen molar-refractivity contribution in [3.05, 3.63) is 0 Å². The van der Waals surface area contributed by atoms with E-state index in [0.29, 0.717) is 0 Å². The molecule has 0 spiro atoms. The van der Waals surface area contributed by atoms with E-state index in [1.807, 2.05) is 0 Å². The van der Waals surface area contributed by atoms with Gasteiger partial charge in [-0.25, -0.2) is 0 Å². The molecule has 6 heteroatoms. The van der Waals surface area contributed by atoms with Gasteiger partial charge in [-0.1, -0.05) is 15.8 Å². The van der Waals surface area contributed by atoms with Crippen molar-refractivity contribution < 1.29 is 9.47 Å². The average Bonchev–Trinajstić information content (AvgIpc) is 2.32. The molecule has 1 heterocycles. The molecule has 0 aromatic carbocycles. The van der Waals surface area contributed by atoms with E-state index < -0.39 is 0 Å². The Morgan fingerprint density at radius 3 is 1.63 bits per heavy atom. The third-order valence-electron chi connectivity index (χ3n) is 2.65. The lowest BCUT2D eigenvalue weighted by molar-refractivity contribution is 0.0313. The number of rotatable bonds is 6. The molecule has 0 radical (unpaired) electrons. The smallest absolute Gasteiger partial charge is 0.0987 e. The summed E-state index contributed by atoms with van der Waals surface area (Å²) in [6, 6.07) is 0. The fourth-order valence-corrected chi connectivity index (χ4v) is 3.50. The number of ether oxygens (including phenoxy) is 2. The van der Waals surface area contributed by atoms with E-state index in [-0.39, 0.29) is 15.8 Å². The van der Waals surface area contributed by atoms with Gasteiger partial charge in [0.2, 0.25) is 0 Å². The highest BCUT2D eigenvalue weighted by atomic mass is 31.1. The van der Waals surface area contributed by atoms with E-state index >= 15 is 0 Å². The second-order valence-electron chi connectivity index (χ2n) is 5.37. The molecule has 0 atom stereocenters. The van der Waals surface area contributed by atoms with Crippen molar-refractivity contribution in [1.82, 2.24) is 9.80 Å². The van der Waals surface area contributed by atoms with Gasteiger partial charge in [0.15, 0.2) is 0 Å². The van der Waals surface area contributed by atoms with Crippen LogP contribution < -0.4 is 0 Å². The summed E-state index contributed by atoms with van der Waals surface area (Å²) in [7, 11) is 3.91. The van der Waals surface area contributed by atoms with Gasteiger partial charge in [-0.15, -0.1) is 0 Å². The first-order valence-electron chi connectivity index (χ1n) is 6.71. The Labute approximate surface area is 122 Å². The molecule has 0 amide bonds. The number of hydrogen-bond acceptors (Lipinski definition) is 4. The summed E-state index contributed by atoms with van der Waals surface area (Å²) in [5.74, 6) is 0. The van der Waals surface area contributed by atoms with Gasteiger partial charge in [0.1, 0.15) is 0 Å². The fourth-order valence-electron chi connectivity index (χ4n) is 1.90. The first-order chi connectivity index (χ1) is 8.99. The largest absolute Gasteiger partial charge is 0.380 e. The molecule has 0 aromatic rings. The van der Waals surface area contributed by atoms with Crippen molar-refractivity contribution >= 4 is 15.8 Å². The maximum atomic E-state index is 5.11. The fraction of sp³-hybridized carbons (Fsp3) is 1.00. The first-order valence-corrected chi connectivity index (χ1v) is 11.6. The summed E-state index contributed by atoms with van der Waals surface area (Å²) in [4.78, 5) is 4.93. The monoisotopic (exact) mass is 310 g/mol. The summed E-state index contributed by atoms with van der Waals surface area (Å²) in [6.07, 6.45) is 2.24. The van der Waals surface area contributed by atoms with Crippen molar-refractivity contribution in [3.8, 4) is 0 Å². The molecule has 1 rings (SSSR count). The maximum absolute atomic E-state index is 5.11. The van der Waals surface area contributed by atoms with Crippen molar-refractivity contribution in [3.63, 3.8) is 0 Å². The predicted molar refractivity (Wildman–Crippen MR) is 89.3 cm³/mol. The van der Waals surface area contributed by atoms with Crippen molar-refractivity contribution in [2.24, 2.45) is 0 Å². The van der Waals surface area contributed by atoms with E-state index in [1.54, 1.807) is 14.2 Å². The van der Waals surface area contributed by atoms with Gasteiger partial charge in [-0.2, -0.15) is 0 Å². The Balaban J connectivity index is 0.000000459. The van der Waals surface area contributed by atoms with Crippen LogP contribution in [-0.4, -0.2) is 96.2 Å². The second kappa shape index (κ2) is 12.4. The first kappa shape index (κ1) is 19.7. The lowest BCUT2D eigenvalue weighted by Crippen LogP contribution is -2.46. The Morgan fingerprint density at radius 1 is 0.789 bits per heavy atom. The van der Waals surface area contributed by atoms with Crippen LogP contribution in [0.3, 0.4) is 0 Å². The molecule has 1 fully saturated rings. The minimum absolute atomic E-state index is 0.177. The van der Waals surface area contributed by atoms with E-state index in [2.05, 4.69) is 36.5 Å². The molecule has 1 aliphatic heterocycles. The van der Waals surface area contributed by atoms with Crippen LogP contribution in [0.2, 0.25) is 0 Å². The molecule has 19 heavy (non-hydrogen) atoms. The molecule has 0 N–H and O–H groups in total. The summed E-state index contributed by atoms with van der Waals surface area (Å²) in [5.41, 5.74) is 0. The number of hydrogen-bond donors (Lipinski definition) is 0. The van der Waals surface area contributed by atoms with E-state index in [0.717, 1.165) is 26.2 Å². The van der Waals surface area contributed by atoms with Crippen LogP contribution in [0, 0.1) is 0 Å². The third-order valence-corrected chi connectivity index (χ3v) is 4.39. The molecule has 4 nitrogen and oxygen atoms in total. The van der Waals surface area contributed by atoms with Gasteiger partial charge >= 0.3 is 0 Å². The number of piperazine rings is 1. The molecule has 1 saturated heterocycles. The molecule has 0 saturated carbocycles. The Morgan fingerprint density at radius 2 is 1.32 bits per heavy atom. The zero-order chi connectivity index (χ0) is 14.7. The summed E-state index contributed by atoms with van der Waals surface area (Å²) >= 11 is 0. The van der Waals surface area contributed by atoms with Gasteiger partial charge in [0.25, 0.3) is 0 Å². The van der Waals surface area contributed by atoms with Crippen LogP contribution in [0.4, 0.5) is 0 Å². The van der Waals surface area contributed by atoms with Crippen molar-refractivity contribution in [1.29, 1.82) is 0 Å². The summed E-state index contributed by atoms with van der Waals surface area (Å²) in [6.45, 7) is 14.6. The van der Waals surface area contributed by atoms with Gasteiger partial charge in [0.05, 0.1) is 13.1 Å². The van der Waals surface area contributed by atoms with Gasteiger partial charge < -0.3 is 9.47 Å². The predicted octanol–water partition coefficient (Wildman–Crippen LogP) is 2.24. The van der Waals surface area contributed by atoms with Crippen molar-refractivity contribution in [2.45, 2.75) is 0 Å². The van der Waals surface area contributed by atoms with Gasteiger partial charge in [0, 0.05) is 46.7 Å². The third kappa shape index (κ3) is 12.2. The highest BCUT2D eigenvalue weighted by Gasteiger charge is 2.16. The van der Waals surface area contributed by atoms with Crippen molar-refractivity contribution in [2.75, 3.05) is 86.4 Å². The quantitative estimate of drug-likeness (QED) is 0.703. The maximum Gasteiger partial charge on any atom is 0.0987 e. The summed E-state index contributed by atoms with van der Waals surface area (Å²) in [5, 5.41) is 0. The molecule has 0 unspecified atom stereocenters. The molecule has 116 valence electrons. The van der Waals surface area contributed by atoms with E-state index in [1.165, 1.54) is 19.4 Å². The van der Waals surface area contributed by atoms with E-state index in [9.17, 15) is 0 Å². The molecule has 1 aliphatic rings.